The van der Waals surface area contributed by atoms with E-state index < -0.39 is 16.1 Å². The van der Waals surface area contributed by atoms with Gasteiger partial charge in [-0.1, -0.05) is 42.3 Å². The van der Waals surface area contributed by atoms with Gasteiger partial charge >= 0.3 is 0 Å². The van der Waals surface area contributed by atoms with E-state index in [0.29, 0.717) is 13.0 Å². The quantitative estimate of drug-likeness (QED) is 0.334. The molecule has 0 fully saturated rings. The van der Waals surface area contributed by atoms with Crippen molar-refractivity contribution >= 4 is 50.5 Å². The number of fused-ring (bicyclic) bond motifs is 1. The van der Waals surface area contributed by atoms with E-state index in [4.69, 9.17) is 27.9 Å². The van der Waals surface area contributed by atoms with Crippen LogP contribution in [0.5, 0.6) is 5.75 Å². The third kappa shape index (κ3) is 5.29. The van der Waals surface area contributed by atoms with Crippen molar-refractivity contribution in [2.75, 3.05) is 20.2 Å². The minimum Gasteiger partial charge on any atom is -0.497 e. The van der Waals surface area contributed by atoms with Crippen molar-refractivity contribution in [3.05, 3.63) is 80.0 Å². The lowest BCUT2D eigenvalue weighted by Crippen LogP contribution is -2.49. The van der Waals surface area contributed by atoms with Gasteiger partial charge in [0.25, 0.3) is 0 Å². The first-order valence-electron chi connectivity index (χ1n) is 11.6. The second kappa shape index (κ2) is 11.1. The van der Waals surface area contributed by atoms with Crippen LogP contribution in [-0.2, 0) is 21.2 Å². The van der Waals surface area contributed by atoms with Crippen molar-refractivity contribution < 1.29 is 17.9 Å². The Morgan fingerprint density at radius 1 is 1.19 bits per heavy atom. The van der Waals surface area contributed by atoms with Crippen molar-refractivity contribution in [2.45, 2.75) is 43.7 Å². The lowest BCUT2D eigenvalue weighted by molar-refractivity contribution is -0.133. The van der Waals surface area contributed by atoms with Crippen LogP contribution in [0.1, 0.15) is 42.3 Å². The predicted molar refractivity (Wildman–Crippen MR) is 145 cm³/mol. The molecule has 0 saturated carbocycles. The normalized spacial score (nSPS) is 16.6. The van der Waals surface area contributed by atoms with Gasteiger partial charge in [-0.3, -0.25) is 4.79 Å². The summed E-state index contributed by atoms with van der Waals surface area (Å²) in [6, 6.07) is 13.3. The van der Waals surface area contributed by atoms with Gasteiger partial charge in [-0.15, -0.1) is 11.3 Å². The van der Waals surface area contributed by atoms with Gasteiger partial charge in [-0.25, -0.2) is 8.42 Å². The highest BCUT2D eigenvalue weighted by Gasteiger charge is 2.37. The first kappa shape index (κ1) is 26.9. The first-order valence-corrected chi connectivity index (χ1v) is 14.7. The zero-order valence-corrected chi connectivity index (χ0v) is 23.4. The summed E-state index contributed by atoms with van der Waals surface area (Å²) in [6.45, 7) is 3.87. The molecule has 0 radical (unpaired) electrons. The summed E-state index contributed by atoms with van der Waals surface area (Å²) in [7, 11) is -2.48. The standard InChI is InChI=1S/C26H28Cl2N2O4S2/c1-4-17(2)30(36(32,33)24-15-19(27)7-10-22(24)28)16-25(31)29-13-11-23-21(12-14-35-23)26(29)18-5-8-20(34-3)9-6-18/h5-10,12,14-15,17,26H,4,11,13,16H2,1-3H3/t17-,26+/m0/s1. The molecule has 0 unspecified atom stereocenters. The molecule has 2 heterocycles. The summed E-state index contributed by atoms with van der Waals surface area (Å²) in [5.41, 5.74) is 2.01. The minimum absolute atomic E-state index is 0.0668. The van der Waals surface area contributed by atoms with Gasteiger partial charge in [0.05, 0.1) is 24.7 Å². The van der Waals surface area contributed by atoms with Gasteiger partial charge in [0.15, 0.2) is 0 Å². The highest BCUT2D eigenvalue weighted by molar-refractivity contribution is 7.89. The number of ether oxygens (including phenoxy) is 1. The van der Waals surface area contributed by atoms with Crippen LogP contribution >= 0.6 is 34.5 Å². The highest BCUT2D eigenvalue weighted by atomic mass is 35.5. The maximum absolute atomic E-state index is 13.8. The van der Waals surface area contributed by atoms with E-state index in [1.807, 2.05) is 42.6 Å². The Morgan fingerprint density at radius 2 is 1.92 bits per heavy atom. The van der Waals surface area contributed by atoms with Crippen molar-refractivity contribution in [3.8, 4) is 5.75 Å². The van der Waals surface area contributed by atoms with Crippen LogP contribution in [0.25, 0.3) is 0 Å². The first-order chi connectivity index (χ1) is 17.2. The SMILES string of the molecule is CC[C@H](C)N(CC(=O)N1CCc2sccc2[C@H]1c1ccc(OC)cc1)S(=O)(=O)c1cc(Cl)ccc1Cl. The number of hydrogen-bond acceptors (Lipinski definition) is 5. The molecule has 0 saturated heterocycles. The molecule has 1 amide bonds. The summed E-state index contributed by atoms with van der Waals surface area (Å²) in [6.07, 6.45) is 1.25. The molecule has 2 aromatic carbocycles. The van der Waals surface area contributed by atoms with E-state index in [1.165, 1.54) is 27.4 Å². The van der Waals surface area contributed by atoms with E-state index >= 15 is 0 Å². The Balaban J connectivity index is 1.70. The Kier molecular flexibility index (Phi) is 8.32. The van der Waals surface area contributed by atoms with Crippen LogP contribution in [0.3, 0.4) is 0 Å². The van der Waals surface area contributed by atoms with E-state index in [0.717, 1.165) is 23.3 Å². The van der Waals surface area contributed by atoms with Crippen molar-refractivity contribution in [2.24, 2.45) is 0 Å². The minimum atomic E-state index is -4.09. The number of halogens is 2. The van der Waals surface area contributed by atoms with Crippen LogP contribution in [0.15, 0.2) is 58.8 Å². The summed E-state index contributed by atoms with van der Waals surface area (Å²) < 4.78 is 33.9. The van der Waals surface area contributed by atoms with E-state index in [1.54, 1.807) is 30.3 Å². The number of benzene rings is 2. The molecule has 0 bridgehead atoms. The van der Waals surface area contributed by atoms with Crippen molar-refractivity contribution in [3.63, 3.8) is 0 Å². The Labute approximate surface area is 226 Å². The summed E-state index contributed by atoms with van der Waals surface area (Å²) >= 11 is 14.0. The highest BCUT2D eigenvalue weighted by Crippen LogP contribution is 2.39. The smallest absolute Gasteiger partial charge is 0.245 e. The maximum atomic E-state index is 13.8. The molecule has 0 spiro atoms. The molecule has 192 valence electrons. The average Bonchev–Trinajstić information content (AvgIpc) is 3.36. The monoisotopic (exact) mass is 566 g/mol. The number of hydrogen-bond donors (Lipinski definition) is 0. The molecule has 0 N–H and O–H groups in total. The van der Waals surface area contributed by atoms with Crippen LogP contribution in [0.2, 0.25) is 10.0 Å². The molecule has 1 aromatic heterocycles. The van der Waals surface area contributed by atoms with E-state index in [2.05, 4.69) is 0 Å². The van der Waals surface area contributed by atoms with Crippen LogP contribution in [0, 0.1) is 0 Å². The lowest BCUT2D eigenvalue weighted by atomic mass is 9.93. The molecule has 4 rings (SSSR count). The molecular formula is C26H28Cl2N2O4S2. The zero-order chi connectivity index (χ0) is 26.0. The number of carbonyl (C=O) groups is 1. The largest absolute Gasteiger partial charge is 0.497 e. The topological polar surface area (TPSA) is 66.9 Å². The van der Waals surface area contributed by atoms with E-state index in [9.17, 15) is 13.2 Å². The molecule has 36 heavy (non-hydrogen) atoms. The van der Waals surface area contributed by atoms with Crippen LogP contribution in [0.4, 0.5) is 0 Å². The molecule has 3 aromatic rings. The molecule has 0 aliphatic carbocycles. The second-order valence-electron chi connectivity index (χ2n) is 8.69. The van der Waals surface area contributed by atoms with Crippen molar-refractivity contribution in [1.29, 1.82) is 0 Å². The van der Waals surface area contributed by atoms with Gasteiger partial charge in [-0.05, 0) is 72.7 Å². The average molecular weight is 568 g/mol. The number of methoxy groups -OCH3 is 1. The second-order valence-corrected chi connectivity index (χ2v) is 12.4. The van der Waals surface area contributed by atoms with Gasteiger partial charge in [0, 0.05) is 22.5 Å². The number of sulfonamides is 1. The summed E-state index contributed by atoms with van der Waals surface area (Å²) in [4.78, 5) is 16.7. The van der Waals surface area contributed by atoms with Gasteiger partial charge < -0.3 is 9.64 Å². The number of carbonyl (C=O) groups excluding carboxylic acids is 1. The van der Waals surface area contributed by atoms with Gasteiger partial charge in [0.2, 0.25) is 15.9 Å². The summed E-state index contributed by atoms with van der Waals surface area (Å²) in [5.74, 6) is 0.458. The summed E-state index contributed by atoms with van der Waals surface area (Å²) in [5, 5.41) is 2.36. The van der Waals surface area contributed by atoms with Gasteiger partial charge in [0.1, 0.15) is 10.6 Å². The fourth-order valence-electron chi connectivity index (χ4n) is 4.44. The Hall–Kier alpha value is -2.10. The molecule has 2 atom stereocenters. The molecule has 1 aliphatic heterocycles. The van der Waals surface area contributed by atoms with Crippen LogP contribution < -0.4 is 4.74 Å². The Bertz CT molecular complexity index is 1340. The molecule has 6 nitrogen and oxygen atoms in total. The number of rotatable bonds is 8. The lowest BCUT2D eigenvalue weighted by Gasteiger charge is -2.38. The number of amides is 1. The fraction of sp³-hybridized carbons (Fsp3) is 0.346. The van der Waals surface area contributed by atoms with Crippen LogP contribution in [-0.4, -0.2) is 49.8 Å². The molecule has 1 aliphatic rings. The van der Waals surface area contributed by atoms with Crippen molar-refractivity contribution in [1.82, 2.24) is 9.21 Å². The fourth-order valence-corrected chi connectivity index (χ4v) is 7.73. The zero-order valence-electron chi connectivity index (χ0n) is 20.3. The number of nitrogens with zero attached hydrogens (tertiary/aromatic N) is 2. The molecular weight excluding hydrogens is 539 g/mol. The number of thiophene rings is 1. The Morgan fingerprint density at radius 3 is 2.58 bits per heavy atom. The predicted octanol–water partition coefficient (Wildman–Crippen LogP) is 6.03. The van der Waals surface area contributed by atoms with E-state index in [-0.39, 0.29) is 33.4 Å². The third-order valence-corrected chi connectivity index (χ3v) is 10.2. The third-order valence-electron chi connectivity index (χ3n) is 6.57. The molecule has 10 heteroatoms. The maximum Gasteiger partial charge on any atom is 0.245 e. The van der Waals surface area contributed by atoms with Gasteiger partial charge in [-0.2, -0.15) is 4.31 Å².